The van der Waals surface area contributed by atoms with Crippen molar-refractivity contribution in [1.29, 1.82) is 0 Å². The minimum atomic E-state index is -0.682. The van der Waals surface area contributed by atoms with Crippen molar-refractivity contribution in [3.63, 3.8) is 0 Å². The van der Waals surface area contributed by atoms with Crippen LogP contribution >= 0.6 is 11.3 Å². The molecule has 0 saturated carbocycles. The summed E-state index contributed by atoms with van der Waals surface area (Å²) in [6, 6.07) is 9.04. The standard InChI is InChI=1S/C15H19N3O2S/c1-18(2)13-5-3-12(4-6-13)17-15(20)16-9-14(19)11-7-8-21-10-11/h3-8,10,14,19H,9H2,1-2H3,(H2,16,17,20). The van der Waals surface area contributed by atoms with Gasteiger partial charge in [0.15, 0.2) is 0 Å². The Hall–Kier alpha value is -2.05. The van der Waals surface area contributed by atoms with Crippen LogP contribution < -0.4 is 15.5 Å². The van der Waals surface area contributed by atoms with Gasteiger partial charge in [-0.3, -0.25) is 0 Å². The van der Waals surface area contributed by atoms with Crippen LogP contribution in [0.5, 0.6) is 0 Å². The van der Waals surface area contributed by atoms with Crippen molar-refractivity contribution in [2.75, 3.05) is 30.9 Å². The minimum Gasteiger partial charge on any atom is -0.387 e. The fourth-order valence-corrected chi connectivity index (χ4v) is 2.50. The highest BCUT2D eigenvalue weighted by atomic mass is 32.1. The van der Waals surface area contributed by atoms with E-state index < -0.39 is 6.10 Å². The van der Waals surface area contributed by atoms with Gasteiger partial charge in [0, 0.05) is 32.0 Å². The number of aliphatic hydroxyl groups excluding tert-OH is 1. The first-order valence-electron chi connectivity index (χ1n) is 6.58. The molecule has 1 aromatic carbocycles. The lowest BCUT2D eigenvalue weighted by Crippen LogP contribution is -2.32. The van der Waals surface area contributed by atoms with E-state index in [4.69, 9.17) is 0 Å². The first-order chi connectivity index (χ1) is 10.1. The van der Waals surface area contributed by atoms with Gasteiger partial charge in [-0.05, 0) is 46.7 Å². The summed E-state index contributed by atoms with van der Waals surface area (Å²) in [5.74, 6) is 0. The van der Waals surface area contributed by atoms with Gasteiger partial charge >= 0.3 is 6.03 Å². The zero-order valence-electron chi connectivity index (χ0n) is 12.0. The summed E-state index contributed by atoms with van der Waals surface area (Å²) in [7, 11) is 3.92. The van der Waals surface area contributed by atoms with Gasteiger partial charge in [-0.1, -0.05) is 0 Å². The van der Waals surface area contributed by atoms with E-state index in [1.807, 2.05) is 60.1 Å². The number of rotatable bonds is 5. The molecule has 0 aliphatic carbocycles. The number of benzene rings is 1. The number of amides is 2. The summed E-state index contributed by atoms with van der Waals surface area (Å²) in [6.07, 6.45) is -0.682. The molecule has 3 N–H and O–H groups in total. The second-order valence-electron chi connectivity index (χ2n) is 4.85. The van der Waals surface area contributed by atoms with Crippen molar-refractivity contribution >= 4 is 28.7 Å². The maximum atomic E-state index is 11.8. The van der Waals surface area contributed by atoms with E-state index in [0.717, 1.165) is 11.3 Å². The number of carbonyl (C=O) groups is 1. The van der Waals surface area contributed by atoms with Gasteiger partial charge in [0.05, 0.1) is 6.10 Å². The molecule has 2 amide bonds. The summed E-state index contributed by atoms with van der Waals surface area (Å²) in [6.45, 7) is 0.179. The lowest BCUT2D eigenvalue weighted by molar-refractivity contribution is 0.175. The highest BCUT2D eigenvalue weighted by Gasteiger charge is 2.09. The zero-order chi connectivity index (χ0) is 15.2. The summed E-state index contributed by atoms with van der Waals surface area (Å²) in [5.41, 5.74) is 2.59. The van der Waals surface area contributed by atoms with Crippen molar-refractivity contribution in [3.05, 3.63) is 46.7 Å². The lowest BCUT2D eigenvalue weighted by atomic mass is 10.2. The maximum absolute atomic E-state index is 11.8. The Morgan fingerprint density at radius 2 is 2.00 bits per heavy atom. The number of carbonyl (C=O) groups excluding carboxylic acids is 1. The predicted molar refractivity (Wildman–Crippen MR) is 87.1 cm³/mol. The van der Waals surface area contributed by atoms with E-state index in [-0.39, 0.29) is 12.6 Å². The Morgan fingerprint density at radius 3 is 2.57 bits per heavy atom. The molecule has 0 bridgehead atoms. The quantitative estimate of drug-likeness (QED) is 0.796. The van der Waals surface area contributed by atoms with Gasteiger partial charge in [0.25, 0.3) is 0 Å². The Kier molecular flexibility index (Phi) is 5.19. The molecular weight excluding hydrogens is 286 g/mol. The van der Waals surface area contributed by atoms with Crippen LogP contribution in [-0.4, -0.2) is 31.8 Å². The molecule has 6 heteroatoms. The summed E-state index contributed by atoms with van der Waals surface area (Å²) in [4.78, 5) is 13.8. The number of hydrogen-bond donors (Lipinski definition) is 3. The molecule has 0 spiro atoms. The lowest BCUT2D eigenvalue weighted by Gasteiger charge is -2.14. The molecule has 2 aromatic rings. The Balaban J connectivity index is 1.81. The number of nitrogens with zero attached hydrogens (tertiary/aromatic N) is 1. The van der Waals surface area contributed by atoms with E-state index in [2.05, 4.69) is 10.6 Å². The van der Waals surface area contributed by atoms with Crippen LogP contribution in [0.2, 0.25) is 0 Å². The topological polar surface area (TPSA) is 64.6 Å². The molecular formula is C15H19N3O2S. The van der Waals surface area contributed by atoms with Gasteiger partial charge < -0.3 is 20.6 Å². The molecule has 1 atom stereocenters. The third kappa shape index (κ3) is 4.47. The van der Waals surface area contributed by atoms with Gasteiger partial charge in [-0.2, -0.15) is 11.3 Å². The highest BCUT2D eigenvalue weighted by molar-refractivity contribution is 7.07. The number of aliphatic hydroxyl groups is 1. The van der Waals surface area contributed by atoms with Gasteiger partial charge in [-0.15, -0.1) is 0 Å². The summed E-state index contributed by atoms with van der Waals surface area (Å²) < 4.78 is 0. The van der Waals surface area contributed by atoms with Crippen LogP contribution in [0, 0.1) is 0 Å². The second-order valence-corrected chi connectivity index (χ2v) is 5.63. The molecule has 5 nitrogen and oxygen atoms in total. The van der Waals surface area contributed by atoms with Crippen molar-refractivity contribution in [1.82, 2.24) is 5.32 Å². The van der Waals surface area contributed by atoms with Crippen molar-refractivity contribution in [2.24, 2.45) is 0 Å². The Morgan fingerprint density at radius 1 is 1.29 bits per heavy atom. The molecule has 2 rings (SSSR count). The van der Waals surface area contributed by atoms with Gasteiger partial charge in [0.2, 0.25) is 0 Å². The van der Waals surface area contributed by atoms with Crippen LogP contribution in [0.25, 0.3) is 0 Å². The number of anilines is 2. The number of thiophene rings is 1. The molecule has 112 valence electrons. The van der Waals surface area contributed by atoms with Gasteiger partial charge in [0.1, 0.15) is 0 Å². The number of hydrogen-bond acceptors (Lipinski definition) is 4. The molecule has 0 aliphatic heterocycles. The maximum Gasteiger partial charge on any atom is 0.319 e. The normalized spacial score (nSPS) is 11.8. The SMILES string of the molecule is CN(C)c1ccc(NC(=O)NCC(O)c2ccsc2)cc1. The molecule has 0 saturated heterocycles. The van der Waals surface area contributed by atoms with Crippen molar-refractivity contribution < 1.29 is 9.90 Å². The van der Waals surface area contributed by atoms with E-state index in [1.165, 1.54) is 11.3 Å². The van der Waals surface area contributed by atoms with E-state index in [0.29, 0.717) is 5.69 Å². The van der Waals surface area contributed by atoms with Crippen LogP contribution in [0.15, 0.2) is 41.1 Å². The van der Waals surface area contributed by atoms with Crippen LogP contribution in [0.3, 0.4) is 0 Å². The average molecular weight is 305 g/mol. The fraction of sp³-hybridized carbons (Fsp3) is 0.267. The predicted octanol–water partition coefficient (Wildman–Crippen LogP) is 2.67. The van der Waals surface area contributed by atoms with E-state index >= 15 is 0 Å². The monoisotopic (exact) mass is 305 g/mol. The highest BCUT2D eigenvalue weighted by Crippen LogP contribution is 2.16. The van der Waals surface area contributed by atoms with E-state index in [9.17, 15) is 9.90 Å². The molecule has 0 fully saturated rings. The largest absolute Gasteiger partial charge is 0.387 e. The van der Waals surface area contributed by atoms with Crippen LogP contribution in [0.4, 0.5) is 16.2 Å². The third-order valence-electron chi connectivity index (χ3n) is 3.03. The third-order valence-corrected chi connectivity index (χ3v) is 3.73. The number of urea groups is 1. The average Bonchev–Trinajstić information content (AvgIpc) is 2.99. The first kappa shape index (κ1) is 15.3. The Labute approximate surface area is 128 Å². The summed E-state index contributed by atoms with van der Waals surface area (Å²) >= 11 is 1.52. The van der Waals surface area contributed by atoms with E-state index in [1.54, 1.807) is 0 Å². The van der Waals surface area contributed by atoms with Crippen LogP contribution in [0.1, 0.15) is 11.7 Å². The smallest absolute Gasteiger partial charge is 0.319 e. The molecule has 1 heterocycles. The molecule has 0 radical (unpaired) electrons. The number of nitrogens with one attached hydrogen (secondary N) is 2. The second kappa shape index (κ2) is 7.10. The fourth-order valence-electron chi connectivity index (χ4n) is 1.79. The van der Waals surface area contributed by atoms with Crippen molar-refractivity contribution in [2.45, 2.75) is 6.10 Å². The first-order valence-corrected chi connectivity index (χ1v) is 7.53. The van der Waals surface area contributed by atoms with Crippen molar-refractivity contribution in [3.8, 4) is 0 Å². The minimum absolute atomic E-state index is 0.179. The molecule has 21 heavy (non-hydrogen) atoms. The molecule has 1 aromatic heterocycles. The van der Waals surface area contributed by atoms with Gasteiger partial charge in [-0.25, -0.2) is 4.79 Å². The summed E-state index contributed by atoms with van der Waals surface area (Å²) in [5, 5.41) is 19.0. The Bertz CT molecular complexity index is 567. The molecule has 0 aliphatic rings. The zero-order valence-corrected chi connectivity index (χ0v) is 12.9. The molecule has 1 unspecified atom stereocenters. The van der Waals surface area contributed by atoms with Crippen LogP contribution in [-0.2, 0) is 0 Å².